The van der Waals surface area contributed by atoms with Crippen LogP contribution in [-0.2, 0) is 20.9 Å². The van der Waals surface area contributed by atoms with Crippen LogP contribution in [-0.4, -0.2) is 13.2 Å². The van der Waals surface area contributed by atoms with E-state index in [9.17, 15) is 0 Å². The van der Waals surface area contributed by atoms with E-state index >= 15 is 0 Å². The Morgan fingerprint density at radius 1 is 0.800 bits per heavy atom. The Morgan fingerprint density at radius 3 is 1.50 bits per heavy atom. The van der Waals surface area contributed by atoms with Gasteiger partial charge in [-0.15, -0.1) is 0 Å². The number of hydrogen-bond donors (Lipinski definition) is 0. The van der Waals surface area contributed by atoms with Crippen LogP contribution in [0.5, 0.6) is 0 Å². The van der Waals surface area contributed by atoms with Crippen molar-refractivity contribution in [2.75, 3.05) is 13.2 Å². The molecular formula is C16H34O2PS. The van der Waals surface area contributed by atoms with Gasteiger partial charge in [-0.2, -0.15) is 0 Å². The van der Waals surface area contributed by atoms with Gasteiger partial charge in [0.2, 0.25) is 7.15 Å². The molecule has 0 spiro atoms. The van der Waals surface area contributed by atoms with Gasteiger partial charge in [0.15, 0.2) is 0 Å². The molecule has 2 unspecified atom stereocenters. The highest BCUT2D eigenvalue weighted by molar-refractivity contribution is 8.00. The summed E-state index contributed by atoms with van der Waals surface area (Å²) in [6.07, 6.45) is 9.93. The number of unbranched alkanes of at least 4 members (excludes halogenated alkanes) is 2. The summed E-state index contributed by atoms with van der Waals surface area (Å²) in [6, 6.07) is 0. The summed E-state index contributed by atoms with van der Waals surface area (Å²) in [5.74, 6) is 1.29. The summed E-state index contributed by atoms with van der Waals surface area (Å²) in [5, 5.41) is 0. The zero-order chi connectivity index (χ0) is 15.2. The standard InChI is InChI=1S/C16H34O2PS/c1-5-9-11-15(7-3)13-17-19(20)18-14-16(8-4)12-10-6-2/h15-16H,5-14H2,1-4H3. The Kier molecular flexibility index (Phi) is 14.7. The van der Waals surface area contributed by atoms with Crippen LogP contribution in [0.3, 0.4) is 0 Å². The number of hydrogen-bond acceptors (Lipinski definition) is 3. The smallest absolute Gasteiger partial charge is 0.201 e. The molecule has 0 rings (SSSR count). The van der Waals surface area contributed by atoms with Gasteiger partial charge >= 0.3 is 0 Å². The van der Waals surface area contributed by atoms with Crippen LogP contribution in [0.25, 0.3) is 0 Å². The summed E-state index contributed by atoms with van der Waals surface area (Å²) < 4.78 is 11.5. The molecule has 0 saturated carbocycles. The van der Waals surface area contributed by atoms with Crippen molar-refractivity contribution in [3.8, 4) is 0 Å². The lowest BCUT2D eigenvalue weighted by molar-refractivity contribution is 0.192. The fourth-order valence-corrected chi connectivity index (χ4v) is 3.27. The van der Waals surface area contributed by atoms with Gasteiger partial charge in [-0.05, 0) is 36.5 Å². The molecule has 0 aliphatic rings. The van der Waals surface area contributed by atoms with Crippen molar-refractivity contribution in [2.24, 2.45) is 11.8 Å². The van der Waals surface area contributed by atoms with E-state index in [0.29, 0.717) is 11.8 Å². The monoisotopic (exact) mass is 321 g/mol. The Hall–Kier alpha value is 0.440. The average Bonchev–Trinajstić information content (AvgIpc) is 2.47. The molecule has 0 aliphatic heterocycles. The molecule has 0 saturated heterocycles. The lowest BCUT2D eigenvalue weighted by Gasteiger charge is -2.17. The molecule has 0 aliphatic carbocycles. The van der Waals surface area contributed by atoms with Crippen molar-refractivity contribution in [3.05, 3.63) is 0 Å². The first-order valence-electron chi connectivity index (χ1n) is 8.40. The zero-order valence-electron chi connectivity index (χ0n) is 13.9. The van der Waals surface area contributed by atoms with Crippen LogP contribution < -0.4 is 0 Å². The molecule has 0 aromatic carbocycles. The van der Waals surface area contributed by atoms with E-state index in [0.717, 1.165) is 13.2 Å². The second-order valence-corrected chi connectivity index (χ2v) is 7.51. The zero-order valence-corrected chi connectivity index (χ0v) is 15.6. The Bertz CT molecular complexity index is 215. The van der Waals surface area contributed by atoms with Gasteiger partial charge in [-0.25, -0.2) is 0 Å². The van der Waals surface area contributed by atoms with Crippen molar-refractivity contribution in [1.29, 1.82) is 0 Å². The summed E-state index contributed by atoms with van der Waals surface area (Å²) in [4.78, 5) is 0. The molecule has 0 fully saturated rings. The fourth-order valence-electron chi connectivity index (χ4n) is 2.17. The van der Waals surface area contributed by atoms with Gasteiger partial charge in [0.25, 0.3) is 0 Å². The van der Waals surface area contributed by atoms with E-state index in [1.165, 1.54) is 51.4 Å². The lowest BCUT2D eigenvalue weighted by atomic mass is 10.0. The van der Waals surface area contributed by atoms with E-state index in [4.69, 9.17) is 20.9 Å². The van der Waals surface area contributed by atoms with Gasteiger partial charge in [0.05, 0.1) is 13.2 Å². The maximum Gasteiger partial charge on any atom is 0.201 e. The van der Waals surface area contributed by atoms with Crippen molar-refractivity contribution in [1.82, 2.24) is 0 Å². The third-order valence-corrected chi connectivity index (χ3v) is 5.27. The van der Waals surface area contributed by atoms with Crippen LogP contribution in [0.2, 0.25) is 0 Å². The van der Waals surface area contributed by atoms with E-state index in [-0.39, 0.29) is 0 Å². The highest BCUT2D eigenvalue weighted by Crippen LogP contribution is 2.29. The Labute approximate surface area is 132 Å². The minimum Gasteiger partial charge on any atom is -0.304 e. The molecule has 2 nitrogen and oxygen atoms in total. The first-order chi connectivity index (χ1) is 9.67. The minimum atomic E-state index is -1.10. The molecule has 121 valence electrons. The molecule has 0 N–H and O–H groups in total. The second kappa shape index (κ2) is 14.4. The molecular weight excluding hydrogens is 287 g/mol. The highest BCUT2D eigenvalue weighted by atomic mass is 32.4. The van der Waals surface area contributed by atoms with Gasteiger partial charge in [-0.1, -0.05) is 66.2 Å². The van der Waals surface area contributed by atoms with Crippen molar-refractivity contribution < 1.29 is 9.05 Å². The van der Waals surface area contributed by atoms with Crippen LogP contribution >= 0.6 is 7.15 Å². The average molecular weight is 321 g/mol. The molecule has 0 amide bonds. The van der Waals surface area contributed by atoms with Crippen LogP contribution in [0.15, 0.2) is 0 Å². The lowest BCUT2D eigenvalue weighted by Crippen LogP contribution is -2.08. The molecule has 0 bridgehead atoms. The summed E-state index contributed by atoms with van der Waals surface area (Å²) >= 11 is 5.32. The van der Waals surface area contributed by atoms with Crippen LogP contribution in [0.1, 0.15) is 79.1 Å². The first kappa shape index (κ1) is 20.4. The molecule has 2 atom stereocenters. The summed E-state index contributed by atoms with van der Waals surface area (Å²) in [5.41, 5.74) is 0. The summed E-state index contributed by atoms with van der Waals surface area (Å²) in [7, 11) is -1.10. The minimum absolute atomic E-state index is 0.647. The van der Waals surface area contributed by atoms with Gasteiger partial charge in [0, 0.05) is 0 Å². The van der Waals surface area contributed by atoms with Crippen molar-refractivity contribution in [2.45, 2.75) is 79.1 Å². The second-order valence-electron chi connectivity index (χ2n) is 5.65. The predicted molar refractivity (Wildman–Crippen MR) is 92.8 cm³/mol. The van der Waals surface area contributed by atoms with E-state index in [1.54, 1.807) is 0 Å². The van der Waals surface area contributed by atoms with Crippen LogP contribution in [0.4, 0.5) is 0 Å². The SMILES string of the molecule is CCCCC(CC)CO[P](=S)OCC(CC)CCCC. The molecule has 0 aromatic rings. The largest absolute Gasteiger partial charge is 0.304 e. The molecule has 4 heteroatoms. The first-order valence-corrected chi connectivity index (χ1v) is 10.6. The van der Waals surface area contributed by atoms with Gasteiger partial charge in [-0.3, -0.25) is 0 Å². The maximum atomic E-state index is 5.75. The number of rotatable bonds is 14. The fraction of sp³-hybridized carbons (Fsp3) is 1.00. The Morgan fingerprint density at radius 2 is 1.20 bits per heavy atom. The third kappa shape index (κ3) is 11.1. The quantitative estimate of drug-likeness (QED) is 0.353. The van der Waals surface area contributed by atoms with E-state index in [1.807, 2.05) is 0 Å². The van der Waals surface area contributed by atoms with Crippen molar-refractivity contribution in [3.63, 3.8) is 0 Å². The third-order valence-electron chi connectivity index (χ3n) is 3.92. The normalized spacial score (nSPS) is 15.1. The topological polar surface area (TPSA) is 18.5 Å². The highest BCUT2D eigenvalue weighted by Gasteiger charge is 2.10. The van der Waals surface area contributed by atoms with Crippen LogP contribution in [0, 0.1) is 11.8 Å². The van der Waals surface area contributed by atoms with Crippen molar-refractivity contribution >= 4 is 19.0 Å². The maximum absolute atomic E-state index is 5.75. The molecule has 20 heavy (non-hydrogen) atoms. The molecule has 0 aromatic heterocycles. The summed E-state index contributed by atoms with van der Waals surface area (Å²) in [6.45, 7) is 10.5. The molecule has 0 heterocycles. The van der Waals surface area contributed by atoms with Gasteiger partial charge < -0.3 is 9.05 Å². The van der Waals surface area contributed by atoms with E-state index in [2.05, 4.69) is 27.7 Å². The molecule has 1 radical (unpaired) electrons. The predicted octanol–water partition coefficient (Wildman–Crippen LogP) is 6.23. The van der Waals surface area contributed by atoms with E-state index < -0.39 is 7.15 Å². The van der Waals surface area contributed by atoms with Gasteiger partial charge in [0.1, 0.15) is 0 Å². The Balaban J connectivity index is 3.80.